The van der Waals surface area contributed by atoms with Crippen molar-refractivity contribution in [1.29, 1.82) is 0 Å². The Bertz CT molecular complexity index is 620. The van der Waals surface area contributed by atoms with E-state index in [9.17, 15) is 4.79 Å². The predicted octanol–water partition coefficient (Wildman–Crippen LogP) is 2.39. The van der Waals surface area contributed by atoms with Crippen LogP contribution in [0, 0.1) is 6.92 Å². The van der Waals surface area contributed by atoms with E-state index in [1.165, 1.54) is 11.8 Å². The summed E-state index contributed by atoms with van der Waals surface area (Å²) in [7, 11) is 0. The lowest BCUT2D eigenvalue weighted by Gasteiger charge is -1.97. The summed E-state index contributed by atoms with van der Waals surface area (Å²) in [4.78, 5) is 18.8. The highest BCUT2D eigenvalue weighted by atomic mass is 16.5. The van der Waals surface area contributed by atoms with Crippen LogP contribution in [0.1, 0.15) is 29.7 Å². The molecule has 2 aromatic rings. The summed E-state index contributed by atoms with van der Waals surface area (Å²) < 4.78 is 4.70. The predicted molar refractivity (Wildman–Crippen MR) is 80.3 cm³/mol. The Balaban J connectivity index is 1.99. The molecule has 21 heavy (non-hydrogen) atoms. The fraction of sp³-hybridized carbons (Fsp3) is 0.267. The average Bonchev–Trinajstić information content (AvgIpc) is 2.80. The van der Waals surface area contributed by atoms with Crippen molar-refractivity contribution in [2.24, 2.45) is 5.10 Å². The van der Waals surface area contributed by atoms with Crippen molar-refractivity contribution in [3.63, 3.8) is 0 Å². The molecule has 0 atom stereocenters. The molecule has 1 aromatic carbocycles. The molecule has 0 saturated heterocycles. The van der Waals surface area contributed by atoms with Gasteiger partial charge in [0.05, 0.1) is 12.8 Å². The first kappa shape index (κ1) is 14.8. The lowest BCUT2D eigenvalue weighted by molar-refractivity contribution is 0.152. The van der Waals surface area contributed by atoms with Gasteiger partial charge in [0, 0.05) is 12.1 Å². The molecule has 2 rings (SSSR count). The molecule has 1 aromatic heterocycles. The van der Waals surface area contributed by atoms with Gasteiger partial charge in [-0.1, -0.05) is 30.3 Å². The summed E-state index contributed by atoms with van der Waals surface area (Å²) in [6.45, 7) is 3.95. The number of carbonyl (C=O) groups excluding carboxylic acids is 1. The molecule has 0 spiro atoms. The SMILES string of the molecule is CCOC(=O)NN=Cc1nc(Cc2ccccc2)[nH]c1C. The minimum absolute atomic E-state index is 0.310. The smallest absolute Gasteiger partial charge is 0.427 e. The molecule has 0 aliphatic rings. The van der Waals surface area contributed by atoms with Gasteiger partial charge in [0.1, 0.15) is 11.5 Å². The second kappa shape index (κ2) is 7.23. The minimum Gasteiger partial charge on any atom is -0.449 e. The highest BCUT2D eigenvalue weighted by Gasteiger charge is 2.05. The highest BCUT2D eigenvalue weighted by molar-refractivity contribution is 5.79. The molecule has 1 heterocycles. The first-order valence-electron chi connectivity index (χ1n) is 6.74. The Hall–Kier alpha value is -2.63. The van der Waals surface area contributed by atoms with Crippen LogP contribution >= 0.6 is 0 Å². The maximum absolute atomic E-state index is 11.1. The third-order valence-electron chi connectivity index (χ3n) is 2.80. The van der Waals surface area contributed by atoms with Gasteiger partial charge < -0.3 is 9.72 Å². The van der Waals surface area contributed by atoms with Crippen LogP contribution in [0.15, 0.2) is 35.4 Å². The lowest BCUT2D eigenvalue weighted by atomic mass is 10.1. The highest BCUT2D eigenvalue weighted by Crippen LogP contribution is 2.08. The summed E-state index contributed by atoms with van der Waals surface area (Å²) >= 11 is 0. The van der Waals surface area contributed by atoms with Crippen LogP contribution in [0.2, 0.25) is 0 Å². The van der Waals surface area contributed by atoms with E-state index >= 15 is 0 Å². The zero-order chi connectivity index (χ0) is 15.1. The maximum atomic E-state index is 11.1. The van der Waals surface area contributed by atoms with E-state index in [1.54, 1.807) is 6.92 Å². The Morgan fingerprint density at radius 3 is 2.90 bits per heavy atom. The number of aryl methyl sites for hydroxylation is 1. The molecule has 0 saturated carbocycles. The van der Waals surface area contributed by atoms with Gasteiger partial charge in [-0.3, -0.25) is 0 Å². The quantitative estimate of drug-likeness (QED) is 0.654. The summed E-state index contributed by atoms with van der Waals surface area (Å²) in [5.41, 5.74) is 5.04. The van der Waals surface area contributed by atoms with Crippen LogP contribution < -0.4 is 5.43 Å². The summed E-state index contributed by atoms with van der Waals surface area (Å²) in [5, 5.41) is 3.81. The van der Waals surface area contributed by atoms with Gasteiger partial charge in [-0.15, -0.1) is 0 Å². The third-order valence-corrected chi connectivity index (χ3v) is 2.80. The van der Waals surface area contributed by atoms with E-state index in [0.29, 0.717) is 12.3 Å². The Labute approximate surface area is 123 Å². The van der Waals surface area contributed by atoms with Gasteiger partial charge in [0.15, 0.2) is 0 Å². The number of nitrogens with one attached hydrogen (secondary N) is 2. The van der Waals surface area contributed by atoms with Gasteiger partial charge in [0.25, 0.3) is 0 Å². The zero-order valence-electron chi connectivity index (χ0n) is 12.1. The second-order valence-corrected chi connectivity index (χ2v) is 4.45. The summed E-state index contributed by atoms with van der Waals surface area (Å²) in [6.07, 6.45) is 1.64. The van der Waals surface area contributed by atoms with Crippen LogP contribution in [-0.4, -0.2) is 28.9 Å². The maximum Gasteiger partial charge on any atom is 0.427 e. The normalized spacial score (nSPS) is 10.8. The number of hydrogen-bond acceptors (Lipinski definition) is 4. The van der Waals surface area contributed by atoms with Crippen molar-refractivity contribution in [1.82, 2.24) is 15.4 Å². The minimum atomic E-state index is -0.577. The van der Waals surface area contributed by atoms with E-state index in [2.05, 4.69) is 20.5 Å². The number of H-pyrrole nitrogens is 1. The molecule has 0 radical (unpaired) electrons. The molecular formula is C15H18N4O2. The van der Waals surface area contributed by atoms with Gasteiger partial charge in [0.2, 0.25) is 0 Å². The number of imidazole rings is 1. The number of aromatic nitrogens is 2. The number of nitrogens with zero attached hydrogens (tertiary/aromatic N) is 2. The van der Waals surface area contributed by atoms with Gasteiger partial charge >= 0.3 is 6.09 Å². The van der Waals surface area contributed by atoms with E-state index in [4.69, 9.17) is 4.74 Å². The number of rotatable bonds is 5. The third kappa shape index (κ3) is 4.45. The number of hydrazone groups is 1. The molecule has 110 valence electrons. The largest absolute Gasteiger partial charge is 0.449 e. The first-order chi connectivity index (χ1) is 10.2. The summed E-state index contributed by atoms with van der Waals surface area (Å²) in [6, 6.07) is 10.1. The standard InChI is InChI=1S/C15H18N4O2/c1-3-21-15(20)19-16-10-13-11(2)17-14(18-13)9-12-7-5-4-6-8-12/h4-8,10H,3,9H2,1-2H3,(H,17,18)(H,19,20). The number of carbonyl (C=O) groups is 1. The van der Waals surface area contributed by atoms with Gasteiger partial charge in [-0.2, -0.15) is 5.10 Å². The first-order valence-corrected chi connectivity index (χ1v) is 6.74. The van der Waals surface area contributed by atoms with E-state index < -0.39 is 6.09 Å². The van der Waals surface area contributed by atoms with Crippen molar-refractivity contribution < 1.29 is 9.53 Å². The average molecular weight is 286 g/mol. The van der Waals surface area contributed by atoms with E-state index in [-0.39, 0.29) is 0 Å². The van der Waals surface area contributed by atoms with Crippen molar-refractivity contribution >= 4 is 12.3 Å². The van der Waals surface area contributed by atoms with Crippen molar-refractivity contribution in [2.45, 2.75) is 20.3 Å². The van der Waals surface area contributed by atoms with E-state index in [1.807, 2.05) is 37.3 Å². The van der Waals surface area contributed by atoms with E-state index in [0.717, 1.165) is 17.9 Å². The van der Waals surface area contributed by atoms with Gasteiger partial charge in [-0.05, 0) is 19.4 Å². The van der Waals surface area contributed by atoms with Crippen molar-refractivity contribution in [2.75, 3.05) is 6.61 Å². The van der Waals surface area contributed by atoms with Crippen molar-refractivity contribution in [3.8, 4) is 0 Å². The molecular weight excluding hydrogens is 268 g/mol. The lowest BCUT2D eigenvalue weighted by Crippen LogP contribution is -2.18. The number of hydrogen-bond donors (Lipinski definition) is 2. The topological polar surface area (TPSA) is 79.4 Å². The van der Waals surface area contributed by atoms with Crippen LogP contribution in [0.3, 0.4) is 0 Å². The summed E-state index contributed by atoms with van der Waals surface area (Å²) in [5.74, 6) is 0.858. The second-order valence-electron chi connectivity index (χ2n) is 4.45. The molecule has 0 aliphatic carbocycles. The zero-order valence-corrected chi connectivity index (χ0v) is 12.1. The Morgan fingerprint density at radius 1 is 1.43 bits per heavy atom. The van der Waals surface area contributed by atoms with Crippen LogP contribution in [0.4, 0.5) is 4.79 Å². The number of aromatic amines is 1. The number of amides is 1. The monoisotopic (exact) mass is 286 g/mol. The molecule has 6 heteroatoms. The molecule has 0 bridgehead atoms. The van der Waals surface area contributed by atoms with Gasteiger partial charge in [-0.25, -0.2) is 15.2 Å². The van der Waals surface area contributed by atoms with Crippen LogP contribution in [-0.2, 0) is 11.2 Å². The van der Waals surface area contributed by atoms with Crippen LogP contribution in [0.25, 0.3) is 0 Å². The molecule has 1 amide bonds. The Morgan fingerprint density at radius 2 is 2.19 bits per heavy atom. The number of ether oxygens (including phenoxy) is 1. The Kier molecular flexibility index (Phi) is 5.09. The molecule has 0 unspecified atom stereocenters. The number of benzene rings is 1. The van der Waals surface area contributed by atoms with Crippen LogP contribution in [0.5, 0.6) is 0 Å². The van der Waals surface area contributed by atoms with Crippen molar-refractivity contribution in [3.05, 3.63) is 53.1 Å². The fourth-order valence-corrected chi connectivity index (χ4v) is 1.85. The molecule has 0 fully saturated rings. The molecule has 6 nitrogen and oxygen atoms in total. The fourth-order valence-electron chi connectivity index (χ4n) is 1.85. The molecule has 0 aliphatic heterocycles. The molecule has 2 N–H and O–H groups in total.